The highest BCUT2D eigenvalue weighted by atomic mass is 14.2. The zero-order chi connectivity index (χ0) is 10.7. The summed E-state index contributed by atoms with van der Waals surface area (Å²) in [5, 5.41) is 0. The highest BCUT2D eigenvalue weighted by Crippen LogP contribution is 2.31. The normalized spacial score (nSPS) is 24.7. The van der Waals surface area contributed by atoms with Gasteiger partial charge in [0.05, 0.1) is 0 Å². The maximum Gasteiger partial charge on any atom is 0.00818 e. The summed E-state index contributed by atoms with van der Waals surface area (Å²) in [7, 11) is 0. The van der Waals surface area contributed by atoms with Crippen molar-refractivity contribution in [2.24, 2.45) is 5.92 Å². The maximum absolute atomic E-state index is 3.80. The van der Waals surface area contributed by atoms with Gasteiger partial charge in [-0.05, 0) is 17.1 Å². The predicted octanol–water partition coefficient (Wildman–Crippen LogP) is 4.09. The molecule has 0 saturated heterocycles. The van der Waals surface area contributed by atoms with Crippen LogP contribution in [0.2, 0.25) is 0 Å². The molecule has 2 atom stereocenters. The topological polar surface area (TPSA) is 0 Å². The molecular formula is C15H16. The van der Waals surface area contributed by atoms with Crippen LogP contribution in [0.5, 0.6) is 0 Å². The lowest BCUT2D eigenvalue weighted by atomic mass is 9.82. The lowest BCUT2D eigenvalue weighted by molar-refractivity contribution is 0.632. The summed E-state index contributed by atoms with van der Waals surface area (Å²) in [6, 6.07) is 10.6. The first kappa shape index (κ1) is 9.97. The lowest BCUT2D eigenvalue weighted by Crippen LogP contribution is -2.08. The molecule has 76 valence electrons. The van der Waals surface area contributed by atoms with Crippen molar-refractivity contribution in [1.82, 2.24) is 0 Å². The second-order valence-corrected chi connectivity index (χ2v) is 4.03. The molecule has 0 spiro atoms. The molecule has 0 amide bonds. The van der Waals surface area contributed by atoms with Gasteiger partial charge in [-0.3, -0.25) is 0 Å². The van der Waals surface area contributed by atoms with Gasteiger partial charge in [-0.2, -0.15) is 0 Å². The van der Waals surface area contributed by atoms with Crippen LogP contribution in [0.1, 0.15) is 18.4 Å². The summed E-state index contributed by atoms with van der Waals surface area (Å²) < 4.78 is 0. The first-order chi connectivity index (χ1) is 7.31. The van der Waals surface area contributed by atoms with Crippen molar-refractivity contribution in [1.29, 1.82) is 0 Å². The van der Waals surface area contributed by atoms with E-state index in [1.54, 1.807) is 0 Å². The first-order valence-corrected chi connectivity index (χ1v) is 5.38. The minimum Gasteiger partial charge on any atom is -0.0985 e. The van der Waals surface area contributed by atoms with Gasteiger partial charge in [-0.15, -0.1) is 0 Å². The van der Waals surface area contributed by atoms with E-state index in [0.717, 1.165) is 0 Å². The van der Waals surface area contributed by atoms with Gasteiger partial charge in [0.15, 0.2) is 0 Å². The largest absolute Gasteiger partial charge is 0.0985 e. The Hall–Kier alpha value is -1.56. The van der Waals surface area contributed by atoms with Crippen LogP contribution in [-0.4, -0.2) is 0 Å². The van der Waals surface area contributed by atoms with Crippen LogP contribution in [0.15, 0.2) is 66.8 Å². The molecule has 1 aliphatic rings. The van der Waals surface area contributed by atoms with Crippen LogP contribution < -0.4 is 0 Å². The Labute approximate surface area is 91.6 Å². The molecule has 0 saturated carbocycles. The SMILES string of the molecule is C=CC1=CC(C)C(c2ccccc2)C=C1. The van der Waals surface area contributed by atoms with E-state index >= 15 is 0 Å². The Bertz CT molecular complexity index is 395. The van der Waals surface area contributed by atoms with Crippen molar-refractivity contribution in [2.75, 3.05) is 0 Å². The molecule has 0 radical (unpaired) electrons. The third kappa shape index (κ3) is 2.10. The fourth-order valence-electron chi connectivity index (χ4n) is 2.08. The van der Waals surface area contributed by atoms with E-state index in [9.17, 15) is 0 Å². The van der Waals surface area contributed by atoms with Gasteiger partial charge >= 0.3 is 0 Å². The van der Waals surface area contributed by atoms with Crippen molar-refractivity contribution in [3.8, 4) is 0 Å². The summed E-state index contributed by atoms with van der Waals surface area (Å²) >= 11 is 0. The Morgan fingerprint density at radius 2 is 1.93 bits per heavy atom. The van der Waals surface area contributed by atoms with E-state index in [2.05, 4.69) is 62.1 Å². The number of hydrogen-bond acceptors (Lipinski definition) is 0. The summed E-state index contributed by atoms with van der Waals surface area (Å²) in [5.74, 6) is 1.06. The third-order valence-electron chi connectivity index (χ3n) is 2.94. The van der Waals surface area contributed by atoms with Gasteiger partial charge < -0.3 is 0 Å². The molecule has 0 N–H and O–H groups in total. The molecule has 0 heteroatoms. The van der Waals surface area contributed by atoms with Crippen molar-refractivity contribution < 1.29 is 0 Å². The highest BCUT2D eigenvalue weighted by molar-refractivity contribution is 5.38. The van der Waals surface area contributed by atoms with Crippen molar-refractivity contribution in [3.05, 3.63) is 72.4 Å². The van der Waals surface area contributed by atoms with E-state index in [-0.39, 0.29) is 0 Å². The molecular weight excluding hydrogens is 180 g/mol. The van der Waals surface area contributed by atoms with E-state index in [1.807, 2.05) is 6.08 Å². The molecule has 2 rings (SSSR count). The minimum absolute atomic E-state index is 0.509. The fraction of sp³-hybridized carbons (Fsp3) is 0.200. The van der Waals surface area contributed by atoms with E-state index in [0.29, 0.717) is 11.8 Å². The summed E-state index contributed by atoms with van der Waals surface area (Å²) in [6.45, 7) is 6.05. The van der Waals surface area contributed by atoms with E-state index < -0.39 is 0 Å². The average Bonchev–Trinajstić information content (AvgIpc) is 2.30. The Balaban J connectivity index is 2.25. The van der Waals surface area contributed by atoms with Gasteiger partial charge in [0, 0.05) is 5.92 Å². The van der Waals surface area contributed by atoms with Gasteiger partial charge in [0.25, 0.3) is 0 Å². The standard InChI is InChI=1S/C15H16/c1-3-13-9-10-15(12(2)11-13)14-7-5-4-6-8-14/h3-12,15H,1H2,2H3. The first-order valence-electron chi connectivity index (χ1n) is 5.38. The second-order valence-electron chi connectivity index (χ2n) is 4.03. The molecule has 0 heterocycles. The summed E-state index contributed by atoms with van der Waals surface area (Å²) in [5.41, 5.74) is 2.62. The third-order valence-corrected chi connectivity index (χ3v) is 2.94. The molecule has 0 aliphatic heterocycles. The van der Waals surface area contributed by atoms with Crippen molar-refractivity contribution in [2.45, 2.75) is 12.8 Å². The molecule has 1 aliphatic carbocycles. The van der Waals surface area contributed by atoms with E-state index in [1.165, 1.54) is 11.1 Å². The molecule has 0 aromatic heterocycles. The number of benzene rings is 1. The number of allylic oxidation sites excluding steroid dienone is 5. The molecule has 15 heavy (non-hydrogen) atoms. The van der Waals surface area contributed by atoms with Gasteiger partial charge in [-0.25, -0.2) is 0 Å². The molecule has 0 nitrogen and oxygen atoms in total. The monoisotopic (exact) mass is 196 g/mol. The Morgan fingerprint density at radius 1 is 1.20 bits per heavy atom. The highest BCUT2D eigenvalue weighted by Gasteiger charge is 2.17. The summed E-state index contributed by atoms with van der Waals surface area (Å²) in [4.78, 5) is 0. The Kier molecular flexibility index (Phi) is 2.86. The minimum atomic E-state index is 0.509. The van der Waals surface area contributed by atoms with Gasteiger partial charge in [0.2, 0.25) is 0 Å². The van der Waals surface area contributed by atoms with Crippen LogP contribution in [0.3, 0.4) is 0 Å². The van der Waals surface area contributed by atoms with Crippen LogP contribution in [0.4, 0.5) is 0 Å². The smallest absolute Gasteiger partial charge is 0.00818 e. The van der Waals surface area contributed by atoms with Gasteiger partial charge in [0.1, 0.15) is 0 Å². The van der Waals surface area contributed by atoms with Crippen molar-refractivity contribution >= 4 is 0 Å². The lowest BCUT2D eigenvalue weighted by Gasteiger charge is -2.22. The fourth-order valence-corrected chi connectivity index (χ4v) is 2.08. The zero-order valence-electron chi connectivity index (χ0n) is 9.06. The van der Waals surface area contributed by atoms with Crippen LogP contribution in [-0.2, 0) is 0 Å². The quantitative estimate of drug-likeness (QED) is 0.668. The second kappa shape index (κ2) is 4.31. The average molecular weight is 196 g/mol. The zero-order valence-corrected chi connectivity index (χ0v) is 9.06. The molecule has 1 aromatic rings. The molecule has 0 fully saturated rings. The Morgan fingerprint density at radius 3 is 2.53 bits per heavy atom. The summed E-state index contributed by atoms with van der Waals surface area (Å²) in [6.07, 6.45) is 8.63. The molecule has 2 unspecified atom stereocenters. The maximum atomic E-state index is 3.80. The van der Waals surface area contributed by atoms with Crippen molar-refractivity contribution in [3.63, 3.8) is 0 Å². The van der Waals surface area contributed by atoms with Crippen LogP contribution in [0, 0.1) is 5.92 Å². The predicted molar refractivity (Wildman–Crippen MR) is 65.8 cm³/mol. The molecule has 1 aromatic carbocycles. The van der Waals surface area contributed by atoms with E-state index in [4.69, 9.17) is 0 Å². The number of hydrogen-bond donors (Lipinski definition) is 0. The number of rotatable bonds is 2. The van der Waals surface area contributed by atoms with Gasteiger partial charge in [-0.1, -0.05) is 68.1 Å². The van der Waals surface area contributed by atoms with Crippen LogP contribution >= 0.6 is 0 Å². The van der Waals surface area contributed by atoms with Crippen LogP contribution in [0.25, 0.3) is 0 Å². The molecule has 0 bridgehead atoms.